The first-order valence-electron chi connectivity index (χ1n) is 6.51. The van der Waals surface area contributed by atoms with Crippen LogP contribution in [0, 0.1) is 0 Å². The number of aliphatic hydroxyl groups is 1. The number of rotatable bonds is 9. The van der Waals surface area contributed by atoms with E-state index in [1.165, 1.54) is 0 Å². The van der Waals surface area contributed by atoms with Gasteiger partial charge in [0.15, 0.2) is 5.82 Å². The van der Waals surface area contributed by atoms with E-state index >= 15 is 0 Å². The number of carboxylic acid groups (broad SMARTS) is 2. The van der Waals surface area contributed by atoms with Gasteiger partial charge in [-0.25, -0.2) is 9.59 Å². The number of hydrogen-bond donors (Lipinski definition) is 6. The highest BCUT2D eigenvalue weighted by Crippen LogP contribution is 2.05. The number of nitrogens with one attached hydrogen (secondary N) is 2. The second-order valence-electron chi connectivity index (χ2n) is 4.49. The number of aromatic nitrogens is 2. The molecule has 0 fully saturated rings. The zero-order valence-electron chi connectivity index (χ0n) is 11.9. The van der Waals surface area contributed by atoms with Crippen LogP contribution in [0.4, 0.5) is 4.79 Å². The maximum atomic E-state index is 11.6. The molecule has 2 atom stereocenters. The van der Waals surface area contributed by atoms with Gasteiger partial charge in [0.05, 0.1) is 19.2 Å². The predicted octanol–water partition coefficient (Wildman–Crippen LogP) is -1.82. The quantitative estimate of drug-likeness (QED) is 0.299. The smallest absolute Gasteiger partial charge is 0.326 e. The van der Waals surface area contributed by atoms with Crippen LogP contribution in [0.1, 0.15) is 30.6 Å². The van der Waals surface area contributed by atoms with Gasteiger partial charge in [-0.3, -0.25) is 4.79 Å². The van der Waals surface area contributed by atoms with Crippen LogP contribution in [-0.2, 0) is 16.1 Å². The van der Waals surface area contributed by atoms with Crippen molar-refractivity contribution in [3.63, 3.8) is 0 Å². The average Bonchev–Trinajstić information content (AvgIpc) is 2.97. The second kappa shape index (κ2) is 8.65. The lowest BCUT2D eigenvalue weighted by Crippen LogP contribution is -2.46. The number of aliphatic hydroxyl groups excluding tert-OH is 1. The molecular formula is C11H17N5O7. The monoisotopic (exact) mass is 331 g/mol. The molecule has 1 aromatic rings. The molecule has 0 saturated carbocycles. The Balaban J connectivity index is 2.47. The first-order valence-corrected chi connectivity index (χ1v) is 6.51. The van der Waals surface area contributed by atoms with Crippen LogP contribution in [0.5, 0.6) is 0 Å². The van der Waals surface area contributed by atoms with Crippen LogP contribution in [0.15, 0.2) is 4.52 Å². The van der Waals surface area contributed by atoms with Gasteiger partial charge >= 0.3 is 18.0 Å². The molecule has 7 N–H and O–H groups in total. The molecule has 1 rings (SSSR count). The van der Waals surface area contributed by atoms with E-state index in [2.05, 4.69) is 20.8 Å². The summed E-state index contributed by atoms with van der Waals surface area (Å²) < 4.78 is 4.78. The minimum absolute atomic E-state index is 0.0106. The van der Waals surface area contributed by atoms with Crippen molar-refractivity contribution in [3.8, 4) is 0 Å². The standard InChI is InChI=1S/C11H17N5O7/c12-5(4-17)9-15-7(23-16-9)3-13-11(22)14-6(10(20)21)1-2-8(18)19/h5-6,17H,1-4,12H2,(H,18,19)(H,20,21)(H2,13,14,22). The Bertz CT molecular complexity index is 561. The van der Waals surface area contributed by atoms with Gasteiger partial charge in [0.2, 0.25) is 5.89 Å². The maximum Gasteiger partial charge on any atom is 0.326 e. The first-order chi connectivity index (χ1) is 10.8. The summed E-state index contributed by atoms with van der Waals surface area (Å²) in [4.78, 5) is 36.8. The Morgan fingerprint density at radius 3 is 2.57 bits per heavy atom. The molecule has 1 aromatic heterocycles. The highest BCUT2D eigenvalue weighted by Gasteiger charge is 2.21. The van der Waals surface area contributed by atoms with Crippen LogP contribution in [-0.4, -0.2) is 56.1 Å². The third-order valence-corrected chi connectivity index (χ3v) is 2.66. The molecule has 2 amide bonds. The van der Waals surface area contributed by atoms with E-state index in [1.54, 1.807) is 0 Å². The molecule has 0 aromatic carbocycles. The summed E-state index contributed by atoms with van der Waals surface area (Å²) in [5, 5.41) is 34.1. The molecule has 0 radical (unpaired) electrons. The molecule has 0 spiro atoms. The van der Waals surface area contributed by atoms with Gasteiger partial charge < -0.3 is 36.2 Å². The van der Waals surface area contributed by atoms with Crippen molar-refractivity contribution in [2.24, 2.45) is 5.73 Å². The van der Waals surface area contributed by atoms with Gasteiger partial charge in [-0.2, -0.15) is 4.98 Å². The van der Waals surface area contributed by atoms with E-state index in [0.29, 0.717) is 0 Å². The van der Waals surface area contributed by atoms with E-state index in [9.17, 15) is 14.4 Å². The summed E-state index contributed by atoms with van der Waals surface area (Å²) in [5.41, 5.74) is 5.47. The Morgan fingerprint density at radius 1 is 1.30 bits per heavy atom. The number of urea groups is 1. The van der Waals surface area contributed by atoms with Crippen molar-refractivity contribution in [2.45, 2.75) is 31.5 Å². The third-order valence-electron chi connectivity index (χ3n) is 2.66. The lowest BCUT2D eigenvalue weighted by molar-refractivity contribution is -0.140. The minimum Gasteiger partial charge on any atom is -0.481 e. The zero-order chi connectivity index (χ0) is 17.4. The topological polar surface area (TPSA) is 201 Å². The van der Waals surface area contributed by atoms with Crippen LogP contribution < -0.4 is 16.4 Å². The lowest BCUT2D eigenvalue weighted by atomic mass is 10.1. The van der Waals surface area contributed by atoms with E-state index in [-0.39, 0.29) is 31.3 Å². The Kier molecular flexibility index (Phi) is 6.89. The number of amides is 2. The van der Waals surface area contributed by atoms with E-state index < -0.39 is 36.5 Å². The number of nitrogens with two attached hydrogens (primary N) is 1. The molecule has 12 heteroatoms. The van der Waals surface area contributed by atoms with Crippen LogP contribution in [0.25, 0.3) is 0 Å². The number of hydrogen-bond acceptors (Lipinski definition) is 8. The zero-order valence-corrected chi connectivity index (χ0v) is 11.9. The first kappa shape index (κ1) is 18.3. The summed E-state index contributed by atoms with van der Waals surface area (Å²) >= 11 is 0. The van der Waals surface area contributed by atoms with Crippen LogP contribution in [0.2, 0.25) is 0 Å². The van der Waals surface area contributed by atoms with Crippen molar-refractivity contribution in [3.05, 3.63) is 11.7 Å². The SMILES string of the molecule is NC(CO)c1noc(CNC(=O)NC(CCC(=O)O)C(=O)O)n1. The van der Waals surface area contributed by atoms with Gasteiger partial charge in [0.25, 0.3) is 0 Å². The normalized spacial score (nSPS) is 13.1. The summed E-state index contributed by atoms with van der Waals surface area (Å²) in [5.74, 6) is -2.45. The third kappa shape index (κ3) is 6.27. The van der Waals surface area contributed by atoms with Gasteiger partial charge in [0, 0.05) is 6.42 Å². The Hall–Kier alpha value is -2.73. The van der Waals surface area contributed by atoms with Crippen molar-refractivity contribution in [1.29, 1.82) is 0 Å². The molecule has 0 bridgehead atoms. The van der Waals surface area contributed by atoms with Crippen molar-refractivity contribution in [1.82, 2.24) is 20.8 Å². The molecule has 0 aliphatic rings. The fourth-order valence-corrected chi connectivity index (χ4v) is 1.46. The highest BCUT2D eigenvalue weighted by molar-refractivity contribution is 5.82. The van der Waals surface area contributed by atoms with Crippen LogP contribution >= 0.6 is 0 Å². The second-order valence-corrected chi connectivity index (χ2v) is 4.49. The molecule has 0 saturated heterocycles. The van der Waals surface area contributed by atoms with Crippen molar-refractivity contribution in [2.75, 3.05) is 6.61 Å². The molecule has 0 aliphatic heterocycles. The fourth-order valence-electron chi connectivity index (χ4n) is 1.46. The van der Waals surface area contributed by atoms with Crippen molar-refractivity contribution >= 4 is 18.0 Å². The van der Waals surface area contributed by atoms with Gasteiger partial charge in [-0.15, -0.1) is 0 Å². The Morgan fingerprint density at radius 2 is 2.00 bits per heavy atom. The number of nitrogens with zero attached hydrogens (tertiary/aromatic N) is 2. The van der Waals surface area contributed by atoms with E-state index in [4.69, 9.17) is 25.6 Å². The molecule has 0 aliphatic carbocycles. The Labute approximate surface area is 129 Å². The summed E-state index contributed by atoms with van der Waals surface area (Å²) in [6, 6.07) is -2.99. The lowest BCUT2D eigenvalue weighted by Gasteiger charge is -2.13. The largest absolute Gasteiger partial charge is 0.481 e. The maximum absolute atomic E-state index is 11.6. The number of carboxylic acids is 2. The summed E-state index contributed by atoms with van der Waals surface area (Å²) in [6.07, 6.45) is -0.655. The molecule has 12 nitrogen and oxygen atoms in total. The molecular weight excluding hydrogens is 314 g/mol. The van der Waals surface area contributed by atoms with E-state index in [0.717, 1.165) is 0 Å². The van der Waals surface area contributed by atoms with Crippen LogP contribution in [0.3, 0.4) is 0 Å². The van der Waals surface area contributed by atoms with Gasteiger partial charge in [0.1, 0.15) is 6.04 Å². The summed E-state index contributed by atoms with van der Waals surface area (Å²) in [7, 11) is 0. The predicted molar refractivity (Wildman–Crippen MR) is 72.0 cm³/mol. The minimum atomic E-state index is -1.35. The number of carbonyl (C=O) groups is 3. The molecule has 2 unspecified atom stereocenters. The van der Waals surface area contributed by atoms with E-state index in [1.807, 2.05) is 0 Å². The van der Waals surface area contributed by atoms with Gasteiger partial charge in [-0.1, -0.05) is 5.16 Å². The molecule has 128 valence electrons. The molecule has 23 heavy (non-hydrogen) atoms. The summed E-state index contributed by atoms with van der Waals surface area (Å²) in [6.45, 7) is -0.570. The van der Waals surface area contributed by atoms with Crippen molar-refractivity contribution < 1.29 is 34.2 Å². The molecule has 1 heterocycles. The highest BCUT2D eigenvalue weighted by atomic mass is 16.5. The number of aliphatic carboxylic acids is 2. The number of carbonyl (C=O) groups excluding carboxylic acids is 1. The average molecular weight is 331 g/mol. The van der Waals surface area contributed by atoms with Gasteiger partial charge in [-0.05, 0) is 6.42 Å². The fraction of sp³-hybridized carbons (Fsp3) is 0.545.